The first-order chi connectivity index (χ1) is 20.4. The van der Waals surface area contributed by atoms with Crippen LogP contribution >= 0.6 is 0 Å². The molecule has 0 radical (unpaired) electrons. The van der Waals surface area contributed by atoms with E-state index in [4.69, 9.17) is 23.7 Å². The smallest absolute Gasteiger partial charge is 0.231 e. The maximum atomic E-state index is 13.7. The number of carbonyl (C=O) groups is 1. The molecule has 0 saturated carbocycles. The molecule has 1 aliphatic carbocycles. The van der Waals surface area contributed by atoms with E-state index in [-0.39, 0.29) is 19.2 Å². The zero-order valence-electron chi connectivity index (χ0n) is 24.0. The molecular weight excluding hydrogens is 532 g/mol. The molecule has 0 bridgehead atoms. The molecule has 7 nitrogen and oxygen atoms in total. The molecule has 2 aliphatic rings. The molecule has 1 N–H and O–H groups in total. The van der Waals surface area contributed by atoms with Crippen LogP contribution in [0.4, 0.5) is 0 Å². The number of ketones is 1. The van der Waals surface area contributed by atoms with E-state index in [0.717, 1.165) is 23.1 Å². The summed E-state index contributed by atoms with van der Waals surface area (Å²) in [5, 5.41) is 13.0. The first-order valence-corrected chi connectivity index (χ1v) is 14.2. The van der Waals surface area contributed by atoms with Crippen molar-refractivity contribution in [3.8, 4) is 28.7 Å². The van der Waals surface area contributed by atoms with Crippen molar-refractivity contribution in [3.63, 3.8) is 0 Å². The quantitative estimate of drug-likeness (QED) is 0.239. The van der Waals surface area contributed by atoms with E-state index in [1.165, 1.54) is 6.92 Å². The fourth-order valence-electron chi connectivity index (χ4n) is 6.15. The minimum Gasteiger partial charge on any atom is -0.497 e. The molecule has 0 spiro atoms. The molecule has 4 aromatic rings. The van der Waals surface area contributed by atoms with Gasteiger partial charge in [-0.15, -0.1) is 0 Å². The Kier molecular flexibility index (Phi) is 7.52. The molecular formula is C35H34O7. The van der Waals surface area contributed by atoms with Crippen molar-refractivity contribution in [2.24, 2.45) is 5.92 Å². The molecule has 4 aromatic carbocycles. The fourth-order valence-corrected chi connectivity index (χ4v) is 6.15. The van der Waals surface area contributed by atoms with E-state index >= 15 is 0 Å². The highest BCUT2D eigenvalue weighted by Gasteiger charge is 2.56. The maximum absolute atomic E-state index is 13.7. The highest BCUT2D eigenvalue weighted by atomic mass is 16.7. The molecule has 42 heavy (non-hydrogen) atoms. The van der Waals surface area contributed by atoms with Crippen molar-refractivity contribution >= 4 is 5.78 Å². The second-order valence-electron chi connectivity index (χ2n) is 10.7. The monoisotopic (exact) mass is 566 g/mol. The summed E-state index contributed by atoms with van der Waals surface area (Å²) in [7, 11) is 1.58. The third-order valence-corrected chi connectivity index (χ3v) is 8.06. The number of aliphatic hydroxyl groups is 1. The van der Waals surface area contributed by atoms with Crippen molar-refractivity contribution in [1.29, 1.82) is 0 Å². The molecule has 1 heterocycles. The van der Waals surface area contributed by atoms with Gasteiger partial charge >= 0.3 is 0 Å². The summed E-state index contributed by atoms with van der Waals surface area (Å²) in [6, 6.07) is 26.6. The zero-order valence-corrected chi connectivity index (χ0v) is 24.0. The summed E-state index contributed by atoms with van der Waals surface area (Å²) in [5.74, 6) is 1.44. The van der Waals surface area contributed by atoms with Crippen molar-refractivity contribution < 1.29 is 33.6 Å². The number of ether oxygens (including phenoxy) is 5. The average Bonchev–Trinajstić information content (AvgIpc) is 3.59. The SMILES string of the molecule is CCCOc1ccc2c(c1)[C@@](O)(c1ccc(OC)cc1OCc1ccccc1)[C@H](C(C)=O)[C@H]2c1ccc2c(c1)OCO2. The summed E-state index contributed by atoms with van der Waals surface area (Å²) in [4.78, 5) is 13.7. The van der Waals surface area contributed by atoms with E-state index in [9.17, 15) is 9.90 Å². The first-order valence-electron chi connectivity index (χ1n) is 14.2. The van der Waals surface area contributed by atoms with Crippen LogP contribution in [0.2, 0.25) is 0 Å². The Morgan fingerprint density at radius 1 is 0.905 bits per heavy atom. The Balaban J connectivity index is 1.53. The van der Waals surface area contributed by atoms with Gasteiger partial charge in [0, 0.05) is 17.5 Å². The van der Waals surface area contributed by atoms with E-state index in [2.05, 4.69) is 0 Å². The second kappa shape index (κ2) is 11.4. The second-order valence-corrected chi connectivity index (χ2v) is 10.7. The minimum atomic E-state index is -1.73. The normalized spacial score (nSPS) is 20.2. The van der Waals surface area contributed by atoms with E-state index < -0.39 is 17.4 Å². The summed E-state index contributed by atoms with van der Waals surface area (Å²) in [6.07, 6.45) is 0.840. The lowest BCUT2D eigenvalue weighted by Crippen LogP contribution is -2.39. The van der Waals surface area contributed by atoms with Crippen molar-refractivity contribution in [2.75, 3.05) is 20.5 Å². The van der Waals surface area contributed by atoms with E-state index in [1.807, 2.05) is 73.7 Å². The lowest BCUT2D eigenvalue weighted by atomic mass is 9.74. The third kappa shape index (κ3) is 4.84. The molecule has 0 saturated heterocycles. The highest BCUT2D eigenvalue weighted by Crippen LogP contribution is 2.58. The van der Waals surface area contributed by atoms with E-state index in [1.54, 1.807) is 25.3 Å². The van der Waals surface area contributed by atoms with Crippen LogP contribution in [-0.2, 0) is 17.0 Å². The number of rotatable bonds is 10. The number of hydrogen-bond acceptors (Lipinski definition) is 7. The lowest BCUT2D eigenvalue weighted by Gasteiger charge is -2.34. The largest absolute Gasteiger partial charge is 0.497 e. The van der Waals surface area contributed by atoms with Crippen LogP contribution in [0.1, 0.15) is 54.0 Å². The molecule has 7 heteroatoms. The van der Waals surface area contributed by atoms with Crippen molar-refractivity contribution in [2.45, 2.75) is 38.4 Å². The van der Waals surface area contributed by atoms with Crippen LogP contribution in [0.5, 0.6) is 28.7 Å². The van der Waals surface area contributed by atoms with Crippen molar-refractivity contribution in [1.82, 2.24) is 0 Å². The van der Waals surface area contributed by atoms with Gasteiger partial charge in [-0.05, 0) is 72.0 Å². The number of fused-ring (bicyclic) bond motifs is 2. The van der Waals surface area contributed by atoms with Crippen molar-refractivity contribution in [3.05, 3.63) is 113 Å². The van der Waals surface area contributed by atoms with Gasteiger partial charge in [-0.1, -0.05) is 49.4 Å². The Labute approximate surface area is 245 Å². The Morgan fingerprint density at radius 2 is 1.69 bits per heavy atom. The Bertz CT molecular complexity index is 1600. The Morgan fingerprint density at radius 3 is 2.45 bits per heavy atom. The van der Waals surface area contributed by atoms with E-state index in [0.29, 0.717) is 46.5 Å². The fraction of sp³-hybridized carbons (Fsp3) is 0.286. The first kappa shape index (κ1) is 27.7. The molecule has 0 amide bonds. The van der Waals surface area contributed by atoms with Gasteiger partial charge in [-0.25, -0.2) is 0 Å². The van der Waals surface area contributed by atoms with Gasteiger partial charge < -0.3 is 28.8 Å². The van der Waals surface area contributed by atoms with Gasteiger partial charge in [-0.2, -0.15) is 0 Å². The summed E-state index contributed by atoms with van der Waals surface area (Å²) in [6.45, 7) is 4.53. The predicted octanol–water partition coefficient (Wildman–Crippen LogP) is 6.38. The van der Waals surface area contributed by atoms with Gasteiger partial charge in [0.25, 0.3) is 0 Å². The molecule has 0 fully saturated rings. The van der Waals surface area contributed by atoms with Gasteiger partial charge in [0.05, 0.1) is 19.6 Å². The number of carbonyl (C=O) groups excluding carboxylic acids is 1. The molecule has 0 aromatic heterocycles. The average molecular weight is 567 g/mol. The van der Waals surface area contributed by atoms with Gasteiger partial charge in [0.2, 0.25) is 6.79 Å². The number of Topliss-reactive ketones (excluding diaryl/α,β-unsaturated/α-hetero) is 1. The summed E-state index contributed by atoms with van der Waals surface area (Å²) < 4.78 is 29.1. The van der Waals surface area contributed by atoms with Crippen LogP contribution in [0.15, 0.2) is 84.9 Å². The standard InChI is InChI=1S/C35H34O7/c1-4-16-39-26-11-13-27-29(18-26)35(37,34(22(2)36)33(27)24-10-15-30-32(17-24)42-21-41-30)28-14-12-25(38-3)19-31(28)40-20-23-8-6-5-7-9-23/h5-15,17-19,33-34,37H,4,16,20-21H2,1-3H3/t33-,34+,35-/m0/s1. The molecule has 1 aliphatic heterocycles. The molecule has 6 rings (SSSR count). The Hall–Kier alpha value is -4.49. The third-order valence-electron chi connectivity index (χ3n) is 8.06. The predicted molar refractivity (Wildman–Crippen MR) is 158 cm³/mol. The number of hydrogen-bond donors (Lipinski definition) is 1. The maximum Gasteiger partial charge on any atom is 0.231 e. The molecule has 216 valence electrons. The van der Waals surface area contributed by atoms with Crippen LogP contribution in [-0.4, -0.2) is 31.4 Å². The number of methoxy groups -OCH3 is 1. The minimum absolute atomic E-state index is 0.145. The summed E-state index contributed by atoms with van der Waals surface area (Å²) in [5.41, 5.74) is 2.02. The summed E-state index contributed by atoms with van der Waals surface area (Å²) >= 11 is 0. The van der Waals surface area contributed by atoms with Gasteiger partial charge in [0.1, 0.15) is 35.2 Å². The zero-order chi connectivity index (χ0) is 29.3. The van der Waals surface area contributed by atoms with Gasteiger partial charge in [0.15, 0.2) is 11.5 Å². The topological polar surface area (TPSA) is 83.5 Å². The molecule has 3 atom stereocenters. The molecule has 0 unspecified atom stereocenters. The van der Waals surface area contributed by atoms with Crippen LogP contribution < -0.4 is 23.7 Å². The number of benzene rings is 4. The highest BCUT2D eigenvalue weighted by molar-refractivity contribution is 5.85. The lowest BCUT2D eigenvalue weighted by molar-refractivity contribution is -0.128. The van der Waals surface area contributed by atoms with Gasteiger partial charge in [-0.3, -0.25) is 4.79 Å². The van der Waals surface area contributed by atoms with Crippen LogP contribution in [0, 0.1) is 5.92 Å². The van der Waals surface area contributed by atoms with Crippen LogP contribution in [0.3, 0.4) is 0 Å². The van der Waals surface area contributed by atoms with Crippen LogP contribution in [0.25, 0.3) is 0 Å².